The summed E-state index contributed by atoms with van der Waals surface area (Å²) in [5.74, 6) is 2.47. The average Bonchev–Trinajstić information content (AvgIpc) is 3.83. The number of hydrogen-bond donors (Lipinski definition) is 4. The standard InChI is InChI=1S/C22H22N6O2.C19H18N6/c1-15(16-6-4-3-5-7-16)25-20-11-23-12-21(27-20)28-14-24-18-9-8-17(10-19(18)28)26-22(29)13-30-2;1-13(14-5-3-2-4-6-14)23-18-10-21-11-19(24-18)25-12-22-16-8-7-15(20)9-17(16)25/h3-12,14-15H,13H2,1-2H3,(H,25,27)(H,26,29);2-13H,20H2,1H3,(H,23,24)/t15-;13-/m00/s1. The molecule has 0 bridgehead atoms. The molecule has 4 heterocycles. The van der Waals surface area contributed by atoms with Gasteiger partial charge in [-0.15, -0.1) is 0 Å². The van der Waals surface area contributed by atoms with Gasteiger partial charge in [0.25, 0.3) is 0 Å². The number of rotatable bonds is 11. The van der Waals surface area contributed by atoms with Crippen molar-refractivity contribution in [3.63, 3.8) is 0 Å². The van der Waals surface area contributed by atoms with Crippen molar-refractivity contribution < 1.29 is 9.53 Å². The van der Waals surface area contributed by atoms with E-state index in [1.807, 2.05) is 75.9 Å². The van der Waals surface area contributed by atoms with E-state index in [-0.39, 0.29) is 24.6 Å². The largest absolute Gasteiger partial charge is 0.399 e. The number of amides is 1. The number of anilines is 4. The number of hydrogen-bond acceptors (Lipinski definition) is 11. The number of nitrogens with zero attached hydrogens (tertiary/aromatic N) is 8. The summed E-state index contributed by atoms with van der Waals surface area (Å²) in [5.41, 5.74) is 13.0. The second kappa shape index (κ2) is 16.7. The predicted molar refractivity (Wildman–Crippen MR) is 215 cm³/mol. The number of nitrogen functional groups attached to an aromatic ring is 1. The molecule has 0 spiro atoms. The first-order valence-corrected chi connectivity index (χ1v) is 17.6. The van der Waals surface area contributed by atoms with Gasteiger partial charge in [0.2, 0.25) is 5.91 Å². The van der Waals surface area contributed by atoms with E-state index >= 15 is 0 Å². The van der Waals surface area contributed by atoms with Crippen molar-refractivity contribution in [2.75, 3.05) is 35.4 Å². The molecule has 0 radical (unpaired) electrons. The van der Waals surface area contributed by atoms with Crippen LogP contribution >= 0.6 is 0 Å². The fraction of sp³-hybridized carbons (Fsp3) is 0.146. The lowest BCUT2D eigenvalue weighted by atomic mass is 10.1. The minimum Gasteiger partial charge on any atom is -0.399 e. The van der Waals surface area contributed by atoms with Gasteiger partial charge in [-0.05, 0) is 61.4 Å². The molecule has 4 aromatic carbocycles. The lowest BCUT2D eigenvalue weighted by molar-refractivity contribution is -0.119. The van der Waals surface area contributed by atoms with Gasteiger partial charge in [-0.25, -0.2) is 19.9 Å². The molecule has 1 amide bonds. The number of methoxy groups -OCH3 is 1. The molecule has 14 heteroatoms. The summed E-state index contributed by atoms with van der Waals surface area (Å²) in [7, 11) is 1.48. The van der Waals surface area contributed by atoms with E-state index < -0.39 is 0 Å². The molecule has 8 aromatic rings. The summed E-state index contributed by atoms with van der Waals surface area (Å²) in [6, 6.07) is 31.7. The zero-order valence-corrected chi connectivity index (χ0v) is 30.5. The highest BCUT2D eigenvalue weighted by Crippen LogP contribution is 2.24. The van der Waals surface area contributed by atoms with Crippen molar-refractivity contribution in [2.24, 2.45) is 0 Å². The molecule has 14 nitrogen and oxygen atoms in total. The predicted octanol–water partition coefficient (Wildman–Crippen LogP) is 7.14. The molecule has 0 aliphatic rings. The Balaban J connectivity index is 0.000000172. The van der Waals surface area contributed by atoms with Gasteiger partial charge < -0.3 is 26.4 Å². The van der Waals surface area contributed by atoms with E-state index in [1.165, 1.54) is 12.7 Å². The Hall–Kier alpha value is -7.19. The number of fused-ring (bicyclic) bond motifs is 2. The topological polar surface area (TPSA) is 176 Å². The second-order valence-electron chi connectivity index (χ2n) is 12.7. The molecule has 5 N–H and O–H groups in total. The molecule has 276 valence electrons. The fourth-order valence-corrected chi connectivity index (χ4v) is 5.98. The van der Waals surface area contributed by atoms with Crippen LogP contribution in [0.2, 0.25) is 0 Å². The number of aromatic nitrogens is 8. The van der Waals surface area contributed by atoms with Gasteiger partial charge in [-0.3, -0.25) is 23.9 Å². The van der Waals surface area contributed by atoms with Crippen LogP contribution in [0.25, 0.3) is 33.7 Å². The van der Waals surface area contributed by atoms with Crippen molar-refractivity contribution in [1.29, 1.82) is 0 Å². The number of carbonyl (C=O) groups excluding carboxylic acids is 1. The first-order valence-electron chi connectivity index (χ1n) is 17.6. The van der Waals surface area contributed by atoms with E-state index in [1.54, 1.807) is 43.5 Å². The number of ether oxygens (including phenoxy) is 1. The molecule has 0 fully saturated rings. The molecule has 4 aromatic heterocycles. The third-order valence-electron chi connectivity index (χ3n) is 8.74. The highest BCUT2D eigenvalue weighted by atomic mass is 16.5. The van der Waals surface area contributed by atoms with E-state index in [9.17, 15) is 4.79 Å². The van der Waals surface area contributed by atoms with Crippen LogP contribution in [0.4, 0.5) is 23.0 Å². The molecule has 0 saturated heterocycles. The Bertz CT molecular complexity index is 2520. The first-order chi connectivity index (χ1) is 26.8. The van der Waals surface area contributed by atoms with E-state index in [2.05, 4.69) is 79.0 Å². The Morgan fingerprint density at radius 2 is 1.20 bits per heavy atom. The Morgan fingerprint density at radius 3 is 1.73 bits per heavy atom. The monoisotopic (exact) mass is 732 g/mol. The van der Waals surface area contributed by atoms with Crippen LogP contribution in [0.1, 0.15) is 37.1 Å². The fourth-order valence-electron chi connectivity index (χ4n) is 5.98. The van der Waals surface area contributed by atoms with Crippen molar-refractivity contribution >= 4 is 51.0 Å². The number of imidazole rings is 2. The zero-order valence-electron chi connectivity index (χ0n) is 30.5. The van der Waals surface area contributed by atoms with Gasteiger partial charge in [-0.2, -0.15) is 0 Å². The van der Waals surface area contributed by atoms with Crippen LogP contribution < -0.4 is 21.7 Å². The van der Waals surface area contributed by atoms with Gasteiger partial charge in [-0.1, -0.05) is 60.7 Å². The Kier molecular flexibility index (Phi) is 11.0. The van der Waals surface area contributed by atoms with Gasteiger partial charge in [0, 0.05) is 30.6 Å². The van der Waals surface area contributed by atoms with Gasteiger partial charge >= 0.3 is 0 Å². The van der Waals surface area contributed by atoms with Crippen molar-refractivity contribution in [2.45, 2.75) is 25.9 Å². The molecule has 0 saturated carbocycles. The maximum Gasteiger partial charge on any atom is 0.250 e. The van der Waals surface area contributed by atoms with Gasteiger partial charge in [0.1, 0.15) is 30.9 Å². The first kappa shape index (κ1) is 36.2. The van der Waals surface area contributed by atoms with E-state index in [0.717, 1.165) is 27.6 Å². The number of nitrogens with one attached hydrogen (secondary N) is 3. The Morgan fingerprint density at radius 1 is 0.691 bits per heavy atom. The highest BCUT2D eigenvalue weighted by molar-refractivity contribution is 5.94. The minimum atomic E-state index is -0.219. The molecule has 2 atom stereocenters. The summed E-state index contributed by atoms with van der Waals surface area (Å²) >= 11 is 0. The van der Waals surface area contributed by atoms with Crippen LogP contribution in [-0.4, -0.2) is 58.7 Å². The summed E-state index contributed by atoms with van der Waals surface area (Å²) in [4.78, 5) is 38.6. The summed E-state index contributed by atoms with van der Waals surface area (Å²) in [5, 5.41) is 9.58. The lowest BCUT2D eigenvalue weighted by Gasteiger charge is -2.15. The molecule has 55 heavy (non-hydrogen) atoms. The number of benzene rings is 4. The maximum absolute atomic E-state index is 11.8. The number of nitrogens with two attached hydrogens (primary N) is 1. The normalized spacial score (nSPS) is 12.1. The second-order valence-corrected chi connectivity index (χ2v) is 12.7. The zero-order chi connectivity index (χ0) is 38.1. The van der Waals surface area contributed by atoms with Gasteiger partial charge in [0.05, 0.1) is 46.9 Å². The quantitative estimate of drug-likeness (QED) is 0.0995. The van der Waals surface area contributed by atoms with Crippen LogP contribution in [-0.2, 0) is 9.53 Å². The molecule has 8 rings (SSSR count). The van der Waals surface area contributed by atoms with E-state index in [4.69, 9.17) is 15.5 Å². The molecule has 0 aliphatic heterocycles. The minimum absolute atomic E-state index is 0.00388. The number of carbonyl (C=O) groups is 1. The van der Waals surface area contributed by atoms with Crippen molar-refractivity contribution in [3.05, 3.63) is 146 Å². The smallest absolute Gasteiger partial charge is 0.250 e. The molecular weight excluding hydrogens is 693 g/mol. The van der Waals surface area contributed by atoms with Gasteiger partial charge in [0.15, 0.2) is 11.6 Å². The van der Waals surface area contributed by atoms with E-state index in [0.29, 0.717) is 34.6 Å². The van der Waals surface area contributed by atoms with Crippen LogP contribution in [0.5, 0.6) is 0 Å². The van der Waals surface area contributed by atoms with Crippen LogP contribution in [0, 0.1) is 0 Å². The van der Waals surface area contributed by atoms with Crippen molar-refractivity contribution in [3.8, 4) is 11.6 Å². The molecular formula is C41H40N12O2. The maximum atomic E-state index is 11.8. The SMILES string of the molecule is COCC(=O)Nc1ccc2ncn(-c3cncc(N[C@@H](C)c4ccccc4)n3)c2c1.C[C@H](Nc1cncc(-n2cnc3ccc(N)cc32)n1)c1ccccc1. The van der Waals surface area contributed by atoms with Crippen LogP contribution in [0.3, 0.4) is 0 Å². The summed E-state index contributed by atoms with van der Waals surface area (Å²) in [6.07, 6.45) is 10.2. The summed E-state index contributed by atoms with van der Waals surface area (Å²) < 4.78 is 8.59. The third-order valence-corrected chi connectivity index (χ3v) is 8.74. The molecule has 0 unspecified atom stereocenters. The Labute approximate surface area is 317 Å². The third kappa shape index (κ3) is 8.72. The summed E-state index contributed by atoms with van der Waals surface area (Å²) in [6.45, 7) is 4.17. The lowest BCUT2D eigenvalue weighted by Crippen LogP contribution is -2.17. The highest BCUT2D eigenvalue weighted by Gasteiger charge is 2.13. The van der Waals surface area contributed by atoms with Crippen molar-refractivity contribution in [1.82, 2.24) is 39.0 Å². The van der Waals surface area contributed by atoms with Crippen LogP contribution in [0.15, 0.2) is 135 Å². The molecule has 0 aliphatic carbocycles. The average molecular weight is 733 g/mol.